The van der Waals surface area contributed by atoms with Crippen LogP contribution in [0.25, 0.3) is 11.1 Å². The van der Waals surface area contributed by atoms with Crippen molar-refractivity contribution in [2.75, 3.05) is 0 Å². The minimum Gasteiger partial charge on any atom is -0.464 e. The van der Waals surface area contributed by atoms with Crippen LogP contribution in [-0.4, -0.2) is 27.0 Å². The lowest BCUT2D eigenvalue weighted by Crippen LogP contribution is -2.32. The van der Waals surface area contributed by atoms with E-state index in [9.17, 15) is 4.79 Å². The summed E-state index contributed by atoms with van der Waals surface area (Å²) in [5, 5.41) is 4.70. The maximum atomic E-state index is 13.4. The number of hydrogen-bond acceptors (Lipinski definition) is 5. The zero-order valence-electron chi connectivity index (χ0n) is 15.9. The Kier molecular flexibility index (Phi) is 3.64. The Morgan fingerprint density at radius 1 is 1.30 bits per heavy atom. The van der Waals surface area contributed by atoms with Crippen molar-refractivity contribution in [2.45, 2.75) is 58.5 Å². The molecule has 140 valence electrons. The smallest absolute Gasteiger partial charge is 0.258 e. The van der Waals surface area contributed by atoms with Gasteiger partial charge in [0.25, 0.3) is 11.6 Å². The lowest BCUT2D eigenvalue weighted by molar-refractivity contribution is 0.0718. The van der Waals surface area contributed by atoms with Crippen molar-refractivity contribution in [1.82, 2.24) is 15.0 Å². The number of aryl methyl sites for hydroxylation is 2. The molecule has 1 amide bonds. The van der Waals surface area contributed by atoms with E-state index in [4.69, 9.17) is 8.94 Å². The zero-order chi connectivity index (χ0) is 18.7. The quantitative estimate of drug-likeness (QED) is 0.672. The first-order chi connectivity index (χ1) is 13.0. The summed E-state index contributed by atoms with van der Waals surface area (Å²) in [6.07, 6.45) is 3.27. The summed E-state index contributed by atoms with van der Waals surface area (Å²) in [5.41, 5.74) is 2.49. The molecule has 0 radical (unpaired) electrons. The molecule has 3 aromatic rings. The fraction of sp³-hybridized carbons (Fsp3) is 0.476. The van der Waals surface area contributed by atoms with Gasteiger partial charge in [-0.3, -0.25) is 4.79 Å². The van der Waals surface area contributed by atoms with E-state index in [1.165, 1.54) is 6.42 Å². The lowest BCUT2D eigenvalue weighted by Gasteiger charge is -2.22. The second-order valence-corrected chi connectivity index (χ2v) is 8.05. The third-order valence-corrected chi connectivity index (χ3v) is 5.71. The molecule has 2 unspecified atom stereocenters. The van der Waals surface area contributed by atoms with Crippen LogP contribution in [0.5, 0.6) is 0 Å². The zero-order valence-corrected chi connectivity index (χ0v) is 15.9. The van der Waals surface area contributed by atoms with Crippen LogP contribution >= 0.6 is 0 Å². The van der Waals surface area contributed by atoms with Crippen LogP contribution in [0.1, 0.15) is 65.4 Å². The van der Waals surface area contributed by atoms with Gasteiger partial charge in [-0.2, -0.15) is 0 Å². The molecule has 27 heavy (non-hydrogen) atoms. The maximum Gasteiger partial charge on any atom is 0.258 e. The summed E-state index contributed by atoms with van der Waals surface area (Å²) < 4.78 is 11.3. The third-order valence-electron chi connectivity index (χ3n) is 5.71. The average Bonchev–Trinajstić information content (AvgIpc) is 3.53. The van der Waals surface area contributed by atoms with Crippen LogP contribution in [-0.2, 0) is 6.54 Å². The van der Waals surface area contributed by atoms with Gasteiger partial charge in [-0.1, -0.05) is 12.1 Å². The van der Waals surface area contributed by atoms with E-state index in [0.29, 0.717) is 40.7 Å². The first kappa shape index (κ1) is 16.5. The molecule has 0 N–H and O–H groups in total. The molecule has 0 bridgehead atoms. The maximum absolute atomic E-state index is 13.4. The van der Waals surface area contributed by atoms with E-state index < -0.39 is 0 Å². The van der Waals surface area contributed by atoms with Crippen molar-refractivity contribution in [1.29, 1.82) is 0 Å². The van der Waals surface area contributed by atoms with Crippen molar-refractivity contribution < 1.29 is 13.7 Å². The number of hydrogen-bond donors (Lipinski definition) is 0. The van der Waals surface area contributed by atoms with Crippen LogP contribution in [0.3, 0.4) is 0 Å². The van der Waals surface area contributed by atoms with Gasteiger partial charge < -0.3 is 13.8 Å². The van der Waals surface area contributed by atoms with Gasteiger partial charge >= 0.3 is 0 Å². The molecule has 2 atom stereocenters. The highest BCUT2D eigenvalue weighted by molar-refractivity contribution is 6.06. The number of carbonyl (C=O) groups excluding carboxylic acids is 1. The second kappa shape index (κ2) is 5.94. The molecule has 0 saturated heterocycles. The highest BCUT2D eigenvalue weighted by Crippen LogP contribution is 2.47. The number of amides is 1. The molecule has 2 saturated carbocycles. The number of fused-ring (bicyclic) bond motifs is 1. The summed E-state index contributed by atoms with van der Waals surface area (Å²) in [5.74, 6) is 3.16. The van der Waals surface area contributed by atoms with Crippen LogP contribution in [0.2, 0.25) is 0 Å². The SMILES string of the molecule is Cc1cc(C(=O)N(Cc2ccc(C3CC3C)o2)C2CC2)c2c(C)noc2n1. The van der Waals surface area contributed by atoms with Gasteiger partial charge in [0.1, 0.15) is 11.5 Å². The van der Waals surface area contributed by atoms with Gasteiger partial charge in [0.2, 0.25) is 0 Å². The van der Waals surface area contributed by atoms with Crippen LogP contribution < -0.4 is 0 Å². The first-order valence-corrected chi connectivity index (χ1v) is 9.64. The number of pyridine rings is 1. The Labute approximate surface area is 157 Å². The largest absolute Gasteiger partial charge is 0.464 e. The average molecular weight is 365 g/mol. The van der Waals surface area contributed by atoms with Gasteiger partial charge in [-0.15, -0.1) is 0 Å². The molecule has 3 heterocycles. The molecule has 0 aromatic carbocycles. The van der Waals surface area contributed by atoms with Gasteiger partial charge in [0.05, 0.1) is 23.2 Å². The summed E-state index contributed by atoms with van der Waals surface area (Å²) in [6, 6.07) is 6.19. The van der Waals surface area contributed by atoms with Crippen molar-refractivity contribution in [3.8, 4) is 0 Å². The lowest BCUT2D eigenvalue weighted by atomic mass is 10.1. The number of aromatic nitrogens is 2. The van der Waals surface area contributed by atoms with Gasteiger partial charge in [-0.05, 0) is 57.2 Å². The minimum atomic E-state index is -0.00274. The highest BCUT2D eigenvalue weighted by Gasteiger charge is 2.38. The molecule has 2 fully saturated rings. The van der Waals surface area contributed by atoms with Gasteiger partial charge in [0, 0.05) is 17.7 Å². The standard InChI is InChI=1S/C21H23N3O3/c1-11-8-16(11)18-7-6-15(26-18)10-24(14-4-5-14)21(25)17-9-12(2)22-20-19(17)13(3)23-27-20/h6-7,9,11,14,16H,4-5,8,10H2,1-3H3. The van der Waals surface area contributed by atoms with Gasteiger partial charge in [0.15, 0.2) is 0 Å². The fourth-order valence-corrected chi connectivity index (χ4v) is 3.86. The Hall–Kier alpha value is -2.63. The van der Waals surface area contributed by atoms with Crippen molar-refractivity contribution in [2.24, 2.45) is 5.92 Å². The topological polar surface area (TPSA) is 72.4 Å². The van der Waals surface area contributed by atoms with E-state index in [1.807, 2.05) is 30.9 Å². The molecule has 0 spiro atoms. The monoisotopic (exact) mass is 365 g/mol. The van der Waals surface area contributed by atoms with Crippen molar-refractivity contribution in [3.63, 3.8) is 0 Å². The summed E-state index contributed by atoms with van der Waals surface area (Å²) in [7, 11) is 0. The van der Waals surface area contributed by atoms with Crippen LogP contribution in [0, 0.1) is 19.8 Å². The van der Waals surface area contributed by atoms with Crippen molar-refractivity contribution in [3.05, 3.63) is 46.7 Å². The predicted molar refractivity (Wildman–Crippen MR) is 99.4 cm³/mol. The molecule has 5 rings (SSSR count). The Bertz CT molecular complexity index is 1030. The van der Waals surface area contributed by atoms with E-state index >= 15 is 0 Å². The number of nitrogens with zero attached hydrogens (tertiary/aromatic N) is 3. The highest BCUT2D eigenvalue weighted by atomic mass is 16.5. The Morgan fingerprint density at radius 3 is 2.78 bits per heavy atom. The molecular formula is C21H23N3O3. The van der Waals surface area contributed by atoms with Crippen LogP contribution in [0.4, 0.5) is 0 Å². The molecule has 0 aliphatic heterocycles. The van der Waals surface area contributed by atoms with E-state index in [-0.39, 0.29) is 11.9 Å². The normalized spacial score (nSPS) is 21.6. The van der Waals surface area contributed by atoms with E-state index in [1.54, 1.807) is 0 Å². The van der Waals surface area contributed by atoms with E-state index in [0.717, 1.165) is 30.1 Å². The fourth-order valence-electron chi connectivity index (χ4n) is 3.86. The number of rotatable bonds is 5. The third kappa shape index (κ3) is 2.93. The first-order valence-electron chi connectivity index (χ1n) is 9.64. The van der Waals surface area contributed by atoms with Gasteiger partial charge in [-0.25, -0.2) is 4.98 Å². The molecule has 3 aromatic heterocycles. The number of furan rings is 1. The molecule has 2 aliphatic rings. The second-order valence-electron chi connectivity index (χ2n) is 8.05. The summed E-state index contributed by atoms with van der Waals surface area (Å²) in [4.78, 5) is 19.7. The summed E-state index contributed by atoms with van der Waals surface area (Å²) >= 11 is 0. The molecule has 6 nitrogen and oxygen atoms in total. The predicted octanol–water partition coefficient (Wildman–Crippen LogP) is 4.36. The Morgan fingerprint density at radius 2 is 2.07 bits per heavy atom. The van der Waals surface area contributed by atoms with Crippen molar-refractivity contribution >= 4 is 17.0 Å². The number of carbonyl (C=O) groups is 1. The van der Waals surface area contributed by atoms with Crippen LogP contribution in [0.15, 0.2) is 27.1 Å². The molecule has 2 aliphatic carbocycles. The molecular weight excluding hydrogens is 342 g/mol. The summed E-state index contributed by atoms with van der Waals surface area (Å²) in [6.45, 7) is 6.45. The Balaban J connectivity index is 1.46. The minimum absolute atomic E-state index is 0.00274. The van der Waals surface area contributed by atoms with E-state index in [2.05, 4.69) is 23.1 Å². The molecule has 6 heteroatoms.